The third-order valence-electron chi connectivity index (χ3n) is 4.44. The quantitative estimate of drug-likeness (QED) is 0.580. The van der Waals surface area contributed by atoms with Gasteiger partial charge in [-0.25, -0.2) is 9.48 Å². The van der Waals surface area contributed by atoms with Gasteiger partial charge in [-0.3, -0.25) is 4.79 Å². The molecule has 0 bridgehead atoms. The van der Waals surface area contributed by atoms with Crippen molar-refractivity contribution in [2.45, 2.75) is 51.5 Å². The van der Waals surface area contributed by atoms with Crippen LogP contribution in [0.2, 0.25) is 0 Å². The van der Waals surface area contributed by atoms with Crippen LogP contribution >= 0.6 is 0 Å². The Balaban J connectivity index is 1.64. The van der Waals surface area contributed by atoms with E-state index in [1.165, 1.54) is 19.3 Å². The molecule has 2 heterocycles. The fraction of sp³-hybridized carbons (Fsp3) is 0.474. The van der Waals surface area contributed by atoms with E-state index in [4.69, 9.17) is 4.74 Å². The standard InChI is InChI=1S/C19H24N4O3/c1-2-3-4-5-8-15-13-23(22-21-15)16-9-6-7-14(12-16)18(24)20-17-10-11-26-19(17)25/h6-7,9,12-13,17H,2-5,8,10-11H2,1H3,(H,20,24)/t17-/m0/s1. The van der Waals surface area contributed by atoms with E-state index in [0.29, 0.717) is 18.6 Å². The maximum Gasteiger partial charge on any atom is 0.328 e. The van der Waals surface area contributed by atoms with Crippen molar-refractivity contribution in [3.8, 4) is 5.69 Å². The van der Waals surface area contributed by atoms with Gasteiger partial charge in [0.05, 0.1) is 24.2 Å². The summed E-state index contributed by atoms with van der Waals surface area (Å²) in [6, 6.07) is 6.55. The van der Waals surface area contributed by atoms with Crippen LogP contribution in [0.3, 0.4) is 0 Å². The number of cyclic esters (lactones) is 1. The predicted octanol–water partition coefficient (Wildman–Crippen LogP) is 2.44. The van der Waals surface area contributed by atoms with Gasteiger partial charge in [0.1, 0.15) is 6.04 Å². The number of aromatic nitrogens is 3. The molecule has 1 aromatic heterocycles. The lowest BCUT2D eigenvalue weighted by Crippen LogP contribution is -2.37. The van der Waals surface area contributed by atoms with E-state index in [2.05, 4.69) is 22.6 Å². The summed E-state index contributed by atoms with van der Waals surface area (Å²) >= 11 is 0. The summed E-state index contributed by atoms with van der Waals surface area (Å²) in [6.45, 7) is 2.54. The van der Waals surface area contributed by atoms with Crippen molar-refractivity contribution < 1.29 is 14.3 Å². The number of amides is 1. The van der Waals surface area contributed by atoms with Crippen LogP contribution in [0.4, 0.5) is 0 Å². The average Bonchev–Trinajstić information content (AvgIpc) is 3.28. The van der Waals surface area contributed by atoms with E-state index < -0.39 is 6.04 Å². The third-order valence-corrected chi connectivity index (χ3v) is 4.44. The first-order chi connectivity index (χ1) is 12.7. The third kappa shape index (κ3) is 4.47. The molecule has 2 aromatic rings. The Hall–Kier alpha value is -2.70. The molecule has 1 fully saturated rings. The molecular formula is C19H24N4O3. The summed E-state index contributed by atoms with van der Waals surface area (Å²) in [6.07, 6.45) is 8.06. The summed E-state index contributed by atoms with van der Waals surface area (Å²) in [7, 11) is 0. The second kappa shape index (κ2) is 8.60. The number of rotatable bonds is 8. The zero-order chi connectivity index (χ0) is 18.4. The number of ether oxygens (including phenoxy) is 1. The largest absolute Gasteiger partial charge is 0.464 e. The second-order valence-corrected chi connectivity index (χ2v) is 6.50. The number of carbonyl (C=O) groups excluding carboxylic acids is 2. The van der Waals surface area contributed by atoms with Gasteiger partial charge in [0.2, 0.25) is 0 Å². The highest BCUT2D eigenvalue weighted by molar-refractivity contribution is 5.97. The Kier molecular flexibility index (Phi) is 5.99. The van der Waals surface area contributed by atoms with Crippen LogP contribution in [0.1, 0.15) is 55.1 Å². The second-order valence-electron chi connectivity index (χ2n) is 6.50. The first kappa shape index (κ1) is 18.1. The summed E-state index contributed by atoms with van der Waals surface area (Å²) in [4.78, 5) is 23.9. The highest BCUT2D eigenvalue weighted by Gasteiger charge is 2.28. The molecule has 0 unspecified atom stereocenters. The maximum absolute atomic E-state index is 12.4. The van der Waals surface area contributed by atoms with Crippen molar-refractivity contribution in [3.63, 3.8) is 0 Å². The molecule has 1 aliphatic rings. The first-order valence-corrected chi connectivity index (χ1v) is 9.16. The zero-order valence-electron chi connectivity index (χ0n) is 15.0. The lowest BCUT2D eigenvalue weighted by molar-refractivity contribution is -0.139. The van der Waals surface area contributed by atoms with E-state index in [9.17, 15) is 9.59 Å². The van der Waals surface area contributed by atoms with Gasteiger partial charge in [-0.1, -0.05) is 37.5 Å². The van der Waals surface area contributed by atoms with E-state index >= 15 is 0 Å². The van der Waals surface area contributed by atoms with E-state index in [1.807, 2.05) is 12.3 Å². The number of benzene rings is 1. The molecule has 7 nitrogen and oxygen atoms in total. The first-order valence-electron chi connectivity index (χ1n) is 9.16. The van der Waals surface area contributed by atoms with E-state index in [-0.39, 0.29) is 11.9 Å². The molecule has 1 aromatic carbocycles. The Morgan fingerprint density at radius 1 is 1.35 bits per heavy atom. The number of hydrogen-bond donors (Lipinski definition) is 1. The molecule has 0 saturated carbocycles. The van der Waals surface area contributed by atoms with Crippen molar-refractivity contribution in [3.05, 3.63) is 41.7 Å². The molecule has 1 aliphatic heterocycles. The minimum atomic E-state index is -0.563. The van der Waals surface area contributed by atoms with Crippen molar-refractivity contribution in [2.75, 3.05) is 6.61 Å². The summed E-state index contributed by atoms with van der Waals surface area (Å²) in [5.41, 5.74) is 2.19. The van der Waals surface area contributed by atoms with E-state index in [1.54, 1.807) is 22.9 Å². The summed E-state index contributed by atoms with van der Waals surface area (Å²) in [5, 5.41) is 11.1. The van der Waals surface area contributed by atoms with Crippen molar-refractivity contribution >= 4 is 11.9 Å². The van der Waals surface area contributed by atoms with E-state index in [0.717, 1.165) is 24.2 Å². The minimum Gasteiger partial charge on any atom is -0.464 e. The lowest BCUT2D eigenvalue weighted by atomic mass is 10.1. The molecule has 0 aliphatic carbocycles. The number of carbonyl (C=O) groups is 2. The fourth-order valence-corrected chi connectivity index (χ4v) is 2.93. The number of nitrogens with one attached hydrogen (secondary N) is 1. The fourth-order valence-electron chi connectivity index (χ4n) is 2.93. The molecule has 1 atom stereocenters. The highest BCUT2D eigenvalue weighted by Crippen LogP contribution is 2.13. The molecule has 1 N–H and O–H groups in total. The van der Waals surface area contributed by atoms with Crippen molar-refractivity contribution in [1.29, 1.82) is 0 Å². The van der Waals surface area contributed by atoms with Gasteiger partial charge in [0.25, 0.3) is 5.91 Å². The zero-order valence-corrected chi connectivity index (χ0v) is 15.0. The normalized spacial score (nSPS) is 16.5. The Morgan fingerprint density at radius 3 is 3.00 bits per heavy atom. The van der Waals surface area contributed by atoms with Crippen LogP contribution < -0.4 is 5.32 Å². The van der Waals surface area contributed by atoms with Gasteiger partial charge in [-0.15, -0.1) is 5.10 Å². The van der Waals surface area contributed by atoms with Crippen LogP contribution in [-0.4, -0.2) is 39.5 Å². The van der Waals surface area contributed by atoms with Crippen molar-refractivity contribution in [2.24, 2.45) is 0 Å². The molecular weight excluding hydrogens is 332 g/mol. The number of esters is 1. The monoisotopic (exact) mass is 356 g/mol. The molecule has 0 radical (unpaired) electrons. The number of aryl methyl sites for hydroxylation is 1. The summed E-state index contributed by atoms with van der Waals surface area (Å²) in [5.74, 6) is -0.672. The lowest BCUT2D eigenvalue weighted by Gasteiger charge is -2.09. The topological polar surface area (TPSA) is 86.1 Å². The van der Waals surface area contributed by atoms with Crippen LogP contribution in [0.5, 0.6) is 0 Å². The number of nitrogens with zero attached hydrogens (tertiary/aromatic N) is 3. The highest BCUT2D eigenvalue weighted by atomic mass is 16.5. The molecule has 1 saturated heterocycles. The van der Waals surface area contributed by atoms with Gasteiger partial charge in [-0.05, 0) is 31.0 Å². The smallest absolute Gasteiger partial charge is 0.328 e. The van der Waals surface area contributed by atoms with Gasteiger partial charge in [0.15, 0.2) is 0 Å². The molecule has 138 valence electrons. The average molecular weight is 356 g/mol. The Morgan fingerprint density at radius 2 is 2.23 bits per heavy atom. The Labute approximate surface area is 152 Å². The van der Waals surface area contributed by atoms with Crippen LogP contribution in [0.25, 0.3) is 5.69 Å². The van der Waals surface area contributed by atoms with Gasteiger partial charge >= 0.3 is 5.97 Å². The summed E-state index contributed by atoms with van der Waals surface area (Å²) < 4.78 is 6.55. The van der Waals surface area contributed by atoms with Crippen molar-refractivity contribution in [1.82, 2.24) is 20.3 Å². The Bertz CT molecular complexity index is 772. The number of hydrogen-bond acceptors (Lipinski definition) is 5. The maximum atomic E-state index is 12.4. The number of unbranched alkanes of at least 4 members (excludes halogenated alkanes) is 3. The van der Waals surface area contributed by atoms with Gasteiger partial charge in [0, 0.05) is 12.0 Å². The van der Waals surface area contributed by atoms with Gasteiger partial charge < -0.3 is 10.1 Å². The molecule has 1 amide bonds. The molecule has 3 rings (SSSR count). The minimum absolute atomic E-state index is 0.296. The molecule has 7 heteroatoms. The van der Waals surface area contributed by atoms with Gasteiger partial charge in [-0.2, -0.15) is 0 Å². The predicted molar refractivity (Wildman–Crippen MR) is 96.0 cm³/mol. The van der Waals surface area contributed by atoms with Crippen LogP contribution in [-0.2, 0) is 16.0 Å². The molecule has 26 heavy (non-hydrogen) atoms. The molecule has 0 spiro atoms. The van der Waals surface area contributed by atoms with Crippen LogP contribution in [0.15, 0.2) is 30.5 Å². The van der Waals surface area contributed by atoms with Crippen LogP contribution in [0, 0.1) is 0 Å². The SMILES string of the molecule is CCCCCCc1cn(-c2cccc(C(=O)N[C@H]3CCOC3=O)c2)nn1.